The molecule has 1 amide bonds. The van der Waals surface area contributed by atoms with Crippen molar-refractivity contribution in [3.63, 3.8) is 0 Å². The Hall–Kier alpha value is -3.38. The molecule has 0 unspecified atom stereocenters. The number of hydrogen-bond donors (Lipinski definition) is 0. The molecule has 4 aromatic rings. The van der Waals surface area contributed by atoms with Gasteiger partial charge in [-0.25, -0.2) is 4.98 Å². The molecule has 0 atom stereocenters. The summed E-state index contributed by atoms with van der Waals surface area (Å²) in [7, 11) is 0. The standard InChI is InChI=1S/C25H23ClN4O2/c1-16-5-6-17(2)22(14-16)28-10-12-29(13-11-28)24(31)20-4-3-9-30-23(20)27-21-15-18(26)7-8-19(21)25(30)32/h3-9,14-15H,10-13H2,1-2H3. The molecule has 1 aliphatic rings. The summed E-state index contributed by atoms with van der Waals surface area (Å²) < 4.78 is 1.44. The number of aryl methyl sites for hydroxylation is 2. The number of anilines is 1. The zero-order valence-corrected chi connectivity index (χ0v) is 18.8. The van der Waals surface area contributed by atoms with Gasteiger partial charge in [0.2, 0.25) is 0 Å². The molecule has 162 valence electrons. The molecule has 2 aromatic heterocycles. The smallest absolute Gasteiger partial charge is 0.265 e. The lowest BCUT2D eigenvalue weighted by Crippen LogP contribution is -2.49. The van der Waals surface area contributed by atoms with Crippen LogP contribution in [0.25, 0.3) is 16.6 Å². The van der Waals surface area contributed by atoms with Crippen molar-refractivity contribution in [3.05, 3.63) is 86.8 Å². The normalized spacial score (nSPS) is 14.3. The van der Waals surface area contributed by atoms with E-state index in [2.05, 4.69) is 41.9 Å². The number of piperazine rings is 1. The number of aromatic nitrogens is 2. The minimum atomic E-state index is -0.212. The largest absolute Gasteiger partial charge is 0.368 e. The second-order valence-electron chi connectivity index (χ2n) is 8.26. The van der Waals surface area contributed by atoms with Crippen LogP contribution in [-0.2, 0) is 0 Å². The number of benzene rings is 2. The molecule has 0 spiro atoms. The first-order valence-corrected chi connectivity index (χ1v) is 11.0. The van der Waals surface area contributed by atoms with Crippen LogP contribution in [0.15, 0.2) is 59.5 Å². The fourth-order valence-corrected chi connectivity index (χ4v) is 4.51. The second-order valence-corrected chi connectivity index (χ2v) is 8.70. The van der Waals surface area contributed by atoms with Gasteiger partial charge in [-0.3, -0.25) is 14.0 Å². The highest BCUT2D eigenvalue weighted by Crippen LogP contribution is 2.24. The molecule has 1 saturated heterocycles. The van der Waals surface area contributed by atoms with E-state index in [-0.39, 0.29) is 11.5 Å². The molecule has 6 nitrogen and oxygen atoms in total. The number of halogens is 1. The van der Waals surface area contributed by atoms with Crippen LogP contribution in [0.3, 0.4) is 0 Å². The lowest BCUT2D eigenvalue weighted by molar-refractivity contribution is 0.0748. The van der Waals surface area contributed by atoms with Crippen molar-refractivity contribution < 1.29 is 4.79 Å². The number of rotatable bonds is 2. The molecule has 5 rings (SSSR count). The number of amides is 1. The monoisotopic (exact) mass is 446 g/mol. The van der Waals surface area contributed by atoms with E-state index < -0.39 is 0 Å². The van der Waals surface area contributed by atoms with Crippen LogP contribution in [0, 0.1) is 13.8 Å². The van der Waals surface area contributed by atoms with Crippen molar-refractivity contribution in [2.75, 3.05) is 31.1 Å². The van der Waals surface area contributed by atoms with Gasteiger partial charge in [-0.1, -0.05) is 23.7 Å². The third kappa shape index (κ3) is 3.50. The van der Waals surface area contributed by atoms with Gasteiger partial charge >= 0.3 is 0 Å². The average Bonchev–Trinajstić information content (AvgIpc) is 2.80. The Kier molecular flexibility index (Phi) is 5.10. The van der Waals surface area contributed by atoms with E-state index in [1.54, 1.807) is 36.5 Å². The number of nitrogens with zero attached hydrogens (tertiary/aromatic N) is 4. The molecular weight excluding hydrogens is 424 g/mol. The summed E-state index contributed by atoms with van der Waals surface area (Å²) in [5, 5.41) is 0.971. The summed E-state index contributed by atoms with van der Waals surface area (Å²) in [6.45, 7) is 6.94. The van der Waals surface area contributed by atoms with Gasteiger partial charge in [0.25, 0.3) is 11.5 Å². The molecule has 3 heterocycles. The minimum Gasteiger partial charge on any atom is -0.368 e. The molecule has 32 heavy (non-hydrogen) atoms. The summed E-state index contributed by atoms with van der Waals surface area (Å²) in [5.41, 5.74) is 4.74. The molecule has 0 N–H and O–H groups in total. The summed E-state index contributed by atoms with van der Waals surface area (Å²) in [6, 6.07) is 14.9. The predicted octanol–water partition coefficient (Wildman–Crippen LogP) is 4.08. The van der Waals surface area contributed by atoms with Crippen molar-refractivity contribution >= 4 is 39.7 Å². The summed E-state index contributed by atoms with van der Waals surface area (Å²) in [4.78, 5) is 35.2. The van der Waals surface area contributed by atoms with Crippen molar-refractivity contribution in [2.45, 2.75) is 13.8 Å². The Bertz CT molecular complexity index is 1420. The first kappa shape index (κ1) is 20.5. The lowest BCUT2D eigenvalue weighted by atomic mass is 10.1. The van der Waals surface area contributed by atoms with Gasteiger partial charge in [-0.15, -0.1) is 0 Å². The summed E-state index contributed by atoms with van der Waals surface area (Å²) in [5.74, 6) is -0.114. The molecule has 0 radical (unpaired) electrons. The van der Waals surface area contributed by atoms with Gasteiger partial charge in [-0.05, 0) is 61.4 Å². The first-order chi connectivity index (χ1) is 15.4. The van der Waals surface area contributed by atoms with Gasteiger partial charge in [0.05, 0.1) is 16.5 Å². The van der Waals surface area contributed by atoms with E-state index in [0.29, 0.717) is 40.2 Å². The quantitative estimate of drug-likeness (QED) is 0.435. The Morgan fingerprint density at radius 3 is 2.56 bits per heavy atom. The van der Waals surface area contributed by atoms with Crippen molar-refractivity contribution in [1.29, 1.82) is 0 Å². The predicted molar refractivity (Wildman–Crippen MR) is 128 cm³/mol. The highest BCUT2D eigenvalue weighted by Gasteiger charge is 2.25. The average molecular weight is 447 g/mol. The molecular formula is C25H23ClN4O2. The topological polar surface area (TPSA) is 57.9 Å². The van der Waals surface area contributed by atoms with Crippen LogP contribution in [0.2, 0.25) is 5.02 Å². The first-order valence-electron chi connectivity index (χ1n) is 10.6. The van der Waals surface area contributed by atoms with Gasteiger partial charge in [0, 0.05) is 43.1 Å². The molecule has 1 fully saturated rings. The van der Waals surface area contributed by atoms with E-state index in [1.807, 2.05) is 4.90 Å². The Morgan fingerprint density at radius 1 is 1.00 bits per heavy atom. The SMILES string of the molecule is Cc1ccc(C)c(N2CCN(C(=O)c3cccn4c(=O)c5ccc(Cl)cc5nc34)CC2)c1. The molecule has 2 aromatic carbocycles. The third-order valence-electron chi connectivity index (χ3n) is 6.11. The molecule has 7 heteroatoms. The number of hydrogen-bond acceptors (Lipinski definition) is 4. The van der Waals surface area contributed by atoms with Gasteiger partial charge < -0.3 is 9.80 Å². The maximum Gasteiger partial charge on any atom is 0.265 e. The zero-order valence-electron chi connectivity index (χ0n) is 18.0. The van der Waals surface area contributed by atoms with E-state index in [0.717, 1.165) is 13.1 Å². The van der Waals surface area contributed by atoms with Gasteiger partial charge in [-0.2, -0.15) is 0 Å². The van der Waals surface area contributed by atoms with Crippen LogP contribution in [0.1, 0.15) is 21.5 Å². The van der Waals surface area contributed by atoms with E-state index >= 15 is 0 Å². The Labute approximate surface area is 190 Å². The number of pyridine rings is 1. The maximum atomic E-state index is 13.4. The van der Waals surface area contributed by atoms with Crippen molar-refractivity contribution in [3.8, 4) is 0 Å². The Morgan fingerprint density at radius 2 is 1.78 bits per heavy atom. The van der Waals surface area contributed by atoms with Gasteiger partial charge in [0.15, 0.2) is 5.65 Å². The summed E-state index contributed by atoms with van der Waals surface area (Å²) in [6.07, 6.45) is 1.65. The summed E-state index contributed by atoms with van der Waals surface area (Å²) >= 11 is 6.10. The molecule has 0 aliphatic carbocycles. The molecule has 0 saturated carbocycles. The zero-order chi connectivity index (χ0) is 22.4. The third-order valence-corrected chi connectivity index (χ3v) is 6.34. The number of carbonyl (C=O) groups is 1. The highest BCUT2D eigenvalue weighted by atomic mass is 35.5. The van der Waals surface area contributed by atoms with Crippen LogP contribution < -0.4 is 10.5 Å². The maximum absolute atomic E-state index is 13.4. The fraction of sp³-hybridized carbons (Fsp3) is 0.240. The van der Waals surface area contributed by atoms with Crippen molar-refractivity contribution in [1.82, 2.24) is 14.3 Å². The number of fused-ring (bicyclic) bond motifs is 2. The Balaban J connectivity index is 1.46. The molecule has 1 aliphatic heterocycles. The van der Waals surface area contributed by atoms with Crippen LogP contribution in [-0.4, -0.2) is 46.4 Å². The van der Waals surface area contributed by atoms with E-state index in [1.165, 1.54) is 21.2 Å². The van der Waals surface area contributed by atoms with E-state index in [4.69, 9.17) is 11.6 Å². The number of carbonyl (C=O) groups excluding carboxylic acids is 1. The van der Waals surface area contributed by atoms with Crippen LogP contribution in [0.5, 0.6) is 0 Å². The second kappa shape index (κ2) is 7.95. The van der Waals surface area contributed by atoms with Crippen LogP contribution in [0.4, 0.5) is 5.69 Å². The van der Waals surface area contributed by atoms with Gasteiger partial charge in [0.1, 0.15) is 0 Å². The molecule has 0 bridgehead atoms. The lowest BCUT2D eigenvalue weighted by Gasteiger charge is -2.37. The van der Waals surface area contributed by atoms with Crippen molar-refractivity contribution in [2.24, 2.45) is 0 Å². The van der Waals surface area contributed by atoms with Crippen LogP contribution >= 0.6 is 11.6 Å². The fourth-order valence-electron chi connectivity index (χ4n) is 4.35. The van der Waals surface area contributed by atoms with E-state index in [9.17, 15) is 9.59 Å². The highest BCUT2D eigenvalue weighted by molar-refractivity contribution is 6.31. The minimum absolute atomic E-state index is 0.114.